The maximum absolute atomic E-state index is 12.6. The van der Waals surface area contributed by atoms with Crippen molar-refractivity contribution in [3.63, 3.8) is 0 Å². The number of rotatable bonds is 2. The lowest BCUT2D eigenvalue weighted by Crippen LogP contribution is -2.57. The van der Waals surface area contributed by atoms with Crippen LogP contribution in [0.1, 0.15) is 24.3 Å². The van der Waals surface area contributed by atoms with Gasteiger partial charge in [-0.25, -0.2) is 4.98 Å². The summed E-state index contributed by atoms with van der Waals surface area (Å²) in [6, 6.07) is 0.453. The Morgan fingerprint density at radius 3 is 3.05 bits per heavy atom. The maximum Gasteiger partial charge on any atom is 0.273 e. The molecule has 2 aromatic rings. The quantitative estimate of drug-likeness (QED) is 0.908. The van der Waals surface area contributed by atoms with Gasteiger partial charge in [-0.15, -0.1) is 11.3 Å². The lowest BCUT2D eigenvalue weighted by Gasteiger charge is -2.38. The molecule has 1 aliphatic rings. The van der Waals surface area contributed by atoms with Crippen molar-refractivity contribution in [3.05, 3.63) is 29.7 Å². The monoisotopic (exact) mass is 303 g/mol. The van der Waals surface area contributed by atoms with Crippen LogP contribution in [0.15, 0.2) is 24.0 Å². The zero-order chi connectivity index (χ0) is 14.8. The molecule has 7 heteroatoms. The second-order valence-electron chi connectivity index (χ2n) is 5.11. The van der Waals surface area contributed by atoms with E-state index in [1.165, 1.54) is 11.3 Å². The summed E-state index contributed by atoms with van der Waals surface area (Å²) in [5.41, 5.74) is 1.19. The van der Waals surface area contributed by atoms with Crippen LogP contribution >= 0.6 is 11.3 Å². The first-order valence-electron chi connectivity index (χ1n) is 6.93. The fraction of sp³-hybridized carbons (Fsp3) is 0.429. The van der Waals surface area contributed by atoms with Crippen molar-refractivity contribution in [2.75, 3.05) is 13.1 Å². The van der Waals surface area contributed by atoms with E-state index in [1.54, 1.807) is 24.0 Å². The maximum atomic E-state index is 12.6. The molecule has 2 atom stereocenters. The van der Waals surface area contributed by atoms with Crippen LogP contribution in [0.2, 0.25) is 0 Å². The van der Waals surface area contributed by atoms with Gasteiger partial charge in [0, 0.05) is 42.9 Å². The Bertz CT molecular complexity index is 629. The highest BCUT2D eigenvalue weighted by Crippen LogP contribution is 2.22. The summed E-state index contributed by atoms with van der Waals surface area (Å²) in [5.74, 6) is -0.0118. The molecular weight excluding hydrogens is 286 g/mol. The lowest BCUT2D eigenvalue weighted by molar-refractivity contribution is 0.0598. The summed E-state index contributed by atoms with van der Waals surface area (Å²) in [4.78, 5) is 27.2. The van der Waals surface area contributed by atoms with E-state index >= 15 is 0 Å². The SMILES string of the molecule is CC1NCCN(C(=O)c2csc(-c3cnccn3)n2)C1C. The van der Waals surface area contributed by atoms with Gasteiger partial charge >= 0.3 is 0 Å². The number of nitrogens with zero attached hydrogens (tertiary/aromatic N) is 4. The normalized spacial score (nSPS) is 22.3. The van der Waals surface area contributed by atoms with Crippen LogP contribution in [0.3, 0.4) is 0 Å². The first-order chi connectivity index (χ1) is 10.2. The van der Waals surface area contributed by atoms with E-state index in [0.717, 1.165) is 11.6 Å². The molecule has 0 radical (unpaired) electrons. The Hall–Kier alpha value is -1.86. The molecule has 2 aromatic heterocycles. The van der Waals surface area contributed by atoms with Gasteiger partial charge < -0.3 is 10.2 Å². The zero-order valence-electron chi connectivity index (χ0n) is 12.0. The molecular formula is C14H17N5OS. The average molecular weight is 303 g/mol. The second kappa shape index (κ2) is 5.87. The average Bonchev–Trinajstić information content (AvgIpc) is 3.00. The van der Waals surface area contributed by atoms with Crippen molar-refractivity contribution in [1.29, 1.82) is 0 Å². The van der Waals surface area contributed by atoms with Crippen LogP contribution < -0.4 is 5.32 Å². The molecule has 3 heterocycles. The van der Waals surface area contributed by atoms with Crippen molar-refractivity contribution < 1.29 is 4.79 Å². The number of hydrogen-bond acceptors (Lipinski definition) is 6. The predicted molar refractivity (Wildman–Crippen MR) is 81.1 cm³/mol. The highest BCUT2D eigenvalue weighted by molar-refractivity contribution is 7.13. The van der Waals surface area contributed by atoms with E-state index in [4.69, 9.17) is 0 Å². The van der Waals surface area contributed by atoms with Crippen molar-refractivity contribution in [2.45, 2.75) is 25.9 Å². The highest BCUT2D eigenvalue weighted by atomic mass is 32.1. The van der Waals surface area contributed by atoms with Crippen molar-refractivity contribution in [2.24, 2.45) is 0 Å². The van der Waals surface area contributed by atoms with Gasteiger partial charge in [-0.3, -0.25) is 14.8 Å². The fourth-order valence-electron chi connectivity index (χ4n) is 2.39. The highest BCUT2D eigenvalue weighted by Gasteiger charge is 2.30. The molecule has 1 N–H and O–H groups in total. The van der Waals surface area contributed by atoms with Gasteiger partial charge in [0.05, 0.1) is 6.20 Å². The molecule has 1 fully saturated rings. The van der Waals surface area contributed by atoms with Crippen LogP contribution in [-0.2, 0) is 0 Å². The molecule has 0 spiro atoms. The third-order valence-electron chi connectivity index (χ3n) is 3.80. The number of amides is 1. The zero-order valence-corrected chi connectivity index (χ0v) is 12.8. The number of piperazine rings is 1. The van der Waals surface area contributed by atoms with Gasteiger partial charge in [-0.05, 0) is 13.8 Å². The van der Waals surface area contributed by atoms with Crippen LogP contribution in [0.4, 0.5) is 0 Å². The smallest absolute Gasteiger partial charge is 0.273 e. The minimum absolute atomic E-state index is 0.0118. The molecule has 1 saturated heterocycles. The van der Waals surface area contributed by atoms with Gasteiger partial charge in [-0.2, -0.15) is 0 Å². The van der Waals surface area contributed by atoms with Gasteiger partial charge in [0.2, 0.25) is 0 Å². The molecule has 0 aromatic carbocycles. The molecule has 3 rings (SSSR count). The number of hydrogen-bond donors (Lipinski definition) is 1. The van der Waals surface area contributed by atoms with Gasteiger partial charge in [-0.1, -0.05) is 0 Å². The Labute approximate surface area is 127 Å². The van der Waals surface area contributed by atoms with Crippen molar-refractivity contribution in [3.8, 4) is 10.7 Å². The predicted octanol–water partition coefficient (Wildman–Crippen LogP) is 1.42. The van der Waals surface area contributed by atoms with E-state index in [9.17, 15) is 4.79 Å². The lowest BCUT2D eigenvalue weighted by atomic mass is 10.1. The summed E-state index contributed by atoms with van der Waals surface area (Å²) in [6.07, 6.45) is 4.90. The van der Waals surface area contributed by atoms with E-state index in [0.29, 0.717) is 24.0 Å². The second-order valence-corrected chi connectivity index (χ2v) is 5.97. The minimum Gasteiger partial charge on any atom is -0.332 e. The summed E-state index contributed by atoms with van der Waals surface area (Å²) in [5, 5.41) is 5.89. The molecule has 0 aliphatic carbocycles. The van der Waals surface area contributed by atoms with Gasteiger partial charge in [0.1, 0.15) is 16.4 Å². The molecule has 21 heavy (non-hydrogen) atoms. The summed E-state index contributed by atoms with van der Waals surface area (Å²) < 4.78 is 0. The third kappa shape index (κ3) is 2.79. The first kappa shape index (κ1) is 14.1. The number of carbonyl (C=O) groups is 1. The number of aromatic nitrogens is 3. The van der Waals surface area contributed by atoms with E-state index in [-0.39, 0.29) is 11.9 Å². The van der Waals surface area contributed by atoms with Crippen LogP contribution in [0.5, 0.6) is 0 Å². The molecule has 1 amide bonds. The first-order valence-corrected chi connectivity index (χ1v) is 7.81. The summed E-state index contributed by atoms with van der Waals surface area (Å²) >= 11 is 1.42. The molecule has 0 saturated carbocycles. The Morgan fingerprint density at radius 1 is 1.43 bits per heavy atom. The Morgan fingerprint density at radius 2 is 2.29 bits per heavy atom. The molecule has 0 bridgehead atoms. The van der Waals surface area contributed by atoms with Gasteiger partial charge in [0.15, 0.2) is 0 Å². The number of nitrogens with one attached hydrogen (secondary N) is 1. The molecule has 1 aliphatic heterocycles. The van der Waals surface area contributed by atoms with E-state index in [2.05, 4.69) is 34.1 Å². The third-order valence-corrected chi connectivity index (χ3v) is 4.67. The van der Waals surface area contributed by atoms with E-state index < -0.39 is 0 Å². The minimum atomic E-state index is -0.0118. The fourth-order valence-corrected chi connectivity index (χ4v) is 3.14. The molecule has 110 valence electrons. The van der Waals surface area contributed by atoms with Crippen LogP contribution in [0, 0.1) is 0 Å². The molecule has 2 unspecified atom stereocenters. The van der Waals surface area contributed by atoms with Crippen molar-refractivity contribution >= 4 is 17.2 Å². The summed E-state index contributed by atoms with van der Waals surface area (Å²) in [6.45, 7) is 5.68. The standard InChI is InChI=1S/C14H17N5OS/c1-9-10(2)19(6-5-16-9)14(20)12-8-21-13(18-12)11-7-15-3-4-17-11/h3-4,7-10,16H,5-6H2,1-2H3. The summed E-state index contributed by atoms with van der Waals surface area (Å²) in [7, 11) is 0. The van der Waals surface area contributed by atoms with Gasteiger partial charge in [0.25, 0.3) is 5.91 Å². The largest absolute Gasteiger partial charge is 0.332 e. The number of thiazole rings is 1. The Balaban J connectivity index is 1.81. The topological polar surface area (TPSA) is 71.0 Å². The van der Waals surface area contributed by atoms with Crippen LogP contribution in [-0.4, -0.2) is 50.9 Å². The molecule has 6 nitrogen and oxygen atoms in total. The van der Waals surface area contributed by atoms with Crippen molar-refractivity contribution in [1.82, 2.24) is 25.2 Å². The van der Waals surface area contributed by atoms with E-state index in [1.807, 2.05) is 4.90 Å². The van der Waals surface area contributed by atoms with Crippen LogP contribution in [0.25, 0.3) is 10.7 Å². The Kier molecular flexibility index (Phi) is 3.94. The number of carbonyl (C=O) groups excluding carboxylic acids is 1.